The molecule has 0 unspecified atom stereocenters. The van der Waals surface area contributed by atoms with Crippen LogP contribution in [0.2, 0.25) is 0 Å². The molecule has 0 bridgehead atoms. The van der Waals surface area contributed by atoms with Crippen LogP contribution in [-0.2, 0) is 24.2 Å². The van der Waals surface area contributed by atoms with Crippen LogP contribution >= 0.6 is 11.3 Å². The van der Waals surface area contributed by atoms with E-state index in [9.17, 15) is 9.59 Å². The van der Waals surface area contributed by atoms with Crippen LogP contribution in [0.15, 0.2) is 52.9 Å². The third-order valence-corrected chi connectivity index (χ3v) is 6.93. The topological polar surface area (TPSA) is 64.0 Å². The molecule has 1 aliphatic carbocycles. The summed E-state index contributed by atoms with van der Waals surface area (Å²) in [5.41, 5.74) is 7.46. The molecule has 0 atom stereocenters. The van der Waals surface area contributed by atoms with Crippen LogP contribution in [0, 0.1) is 13.8 Å². The molecule has 1 aliphatic rings. The Kier molecular flexibility index (Phi) is 5.39. The Balaban J connectivity index is 1.46. The van der Waals surface area contributed by atoms with Gasteiger partial charge in [-0.15, -0.1) is 11.3 Å². The van der Waals surface area contributed by atoms with Crippen LogP contribution in [0.4, 0.5) is 5.69 Å². The molecule has 2 heterocycles. The maximum atomic E-state index is 13.3. The molecular formula is C26H25N3O2S. The van der Waals surface area contributed by atoms with Crippen molar-refractivity contribution in [3.8, 4) is 11.1 Å². The second-order valence-electron chi connectivity index (χ2n) is 8.62. The van der Waals surface area contributed by atoms with E-state index in [4.69, 9.17) is 0 Å². The summed E-state index contributed by atoms with van der Waals surface area (Å²) < 4.78 is 1.40. The number of nitrogens with one attached hydrogen (secondary N) is 1. The van der Waals surface area contributed by atoms with Gasteiger partial charge in [0.2, 0.25) is 5.91 Å². The molecule has 1 N–H and O–H groups in total. The summed E-state index contributed by atoms with van der Waals surface area (Å²) in [4.78, 5) is 31.1. The van der Waals surface area contributed by atoms with Crippen molar-refractivity contribution < 1.29 is 4.79 Å². The molecule has 0 fully saturated rings. The Morgan fingerprint density at radius 3 is 2.59 bits per heavy atom. The molecule has 162 valence electrons. The Labute approximate surface area is 190 Å². The lowest BCUT2D eigenvalue weighted by molar-refractivity contribution is -0.116. The predicted molar refractivity (Wildman–Crippen MR) is 131 cm³/mol. The van der Waals surface area contributed by atoms with Gasteiger partial charge in [0.1, 0.15) is 11.4 Å². The number of benzene rings is 2. The average Bonchev–Trinajstić information content (AvgIpc) is 3.19. The average molecular weight is 444 g/mol. The van der Waals surface area contributed by atoms with Crippen LogP contribution in [-0.4, -0.2) is 15.5 Å². The van der Waals surface area contributed by atoms with Gasteiger partial charge in [-0.1, -0.05) is 24.3 Å². The summed E-state index contributed by atoms with van der Waals surface area (Å²) in [6.07, 6.45) is 6.15. The minimum absolute atomic E-state index is 0.0752. The number of carbonyl (C=O) groups is 1. The Morgan fingerprint density at radius 2 is 1.81 bits per heavy atom. The molecule has 0 saturated carbocycles. The van der Waals surface area contributed by atoms with E-state index in [2.05, 4.69) is 34.6 Å². The molecule has 2 aromatic heterocycles. The fourth-order valence-electron chi connectivity index (χ4n) is 4.60. The van der Waals surface area contributed by atoms with Crippen LogP contribution in [0.5, 0.6) is 0 Å². The van der Waals surface area contributed by atoms with Gasteiger partial charge in [0.05, 0.1) is 11.7 Å². The second kappa shape index (κ2) is 8.36. The number of rotatable bonds is 4. The smallest absolute Gasteiger partial charge is 0.263 e. The molecule has 6 heteroatoms. The van der Waals surface area contributed by atoms with Gasteiger partial charge in [-0.3, -0.25) is 14.2 Å². The fourth-order valence-corrected chi connectivity index (χ4v) is 5.50. The largest absolute Gasteiger partial charge is 0.325 e. The number of nitrogens with zero attached hydrogens (tertiary/aromatic N) is 2. The lowest BCUT2D eigenvalue weighted by Crippen LogP contribution is -2.27. The van der Waals surface area contributed by atoms with Gasteiger partial charge >= 0.3 is 0 Å². The molecule has 0 spiro atoms. The third-order valence-electron chi connectivity index (χ3n) is 6.04. The van der Waals surface area contributed by atoms with Gasteiger partial charge < -0.3 is 5.32 Å². The SMILES string of the molecule is Cc1cc(C)cc(NC(=O)Cn2cnc3scc(-c4ccc5c(c4)CCCC5)c3c2=O)c1. The van der Waals surface area contributed by atoms with E-state index in [0.29, 0.717) is 10.2 Å². The van der Waals surface area contributed by atoms with E-state index in [-0.39, 0.29) is 18.0 Å². The first-order valence-corrected chi connectivity index (χ1v) is 11.8. The van der Waals surface area contributed by atoms with Gasteiger partial charge in [-0.2, -0.15) is 0 Å². The Morgan fingerprint density at radius 1 is 1.06 bits per heavy atom. The van der Waals surface area contributed by atoms with Crippen molar-refractivity contribution in [2.45, 2.75) is 46.1 Å². The van der Waals surface area contributed by atoms with Crippen molar-refractivity contribution in [2.75, 3.05) is 5.32 Å². The van der Waals surface area contributed by atoms with Crippen LogP contribution in [0.1, 0.15) is 35.1 Å². The molecule has 0 saturated heterocycles. The van der Waals surface area contributed by atoms with Gasteiger partial charge in [0.15, 0.2) is 0 Å². The third kappa shape index (κ3) is 3.98. The van der Waals surface area contributed by atoms with Gasteiger partial charge in [-0.25, -0.2) is 4.98 Å². The highest BCUT2D eigenvalue weighted by atomic mass is 32.1. The Bertz CT molecular complexity index is 1380. The number of anilines is 1. The van der Waals surface area contributed by atoms with Gasteiger partial charge in [0, 0.05) is 16.6 Å². The quantitative estimate of drug-likeness (QED) is 0.468. The minimum Gasteiger partial charge on any atom is -0.325 e. The lowest BCUT2D eigenvalue weighted by Gasteiger charge is -2.16. The summed E-state index contributed by atoms with van der Waals surface area (Å²) >= 11 is 1.47. The zero-order chi connectivity index (χ0) is 22.2. The van der Waals surface area contributed by atoms with E-state index >= 15 is 0 Å². The number of fused-ring (bicyclic) bond motifs is 2. The molecule has 5 rings (SSSR count). The highest BCUT2D eigenvalue weighted by molar-refractivity contribution is 7.17. The van der Waals surface area contributed by atoms with E-state index < -0.39 is 0 Å². The number of hydrogen-bond donors (Lipinski definition) is 1. The summed E-state index contributed by atoms with van der Waals surface area (Å²) in [7, 11) is 0. The first-order chi connectivity index (χ1) is 15.5. The number of aryl methyl sites for hydroxylation is 4. The highest BCUT2D eigenvalue weighted by Crippen LogP contribution is 2.33. The molecule has 5 nitrogen and oxygen atoms in total. The first kappa shape index (κ1) is 20.6. The van der Waals surface area contributed by atoms with Crippen molar-refractivity contribution in [3.63, 3.8) is 0 Å². The number of carbonyl (C=O) groups excluding carboxylic acids is 1. The molecule has 32 heavy (non-hydrogen) atoms. The van der Waals surface area contributed by atoms with Crippen molar-refractivity contribution in [1.29, 1.82) is 0 Å². The zero-order valence-corrected chi connectivity index (χ0v) is 19.1. The number of thiophene rings is 1. The summed E-state index contributed by atoms with van der Waals surface area (Å²) in [5, 5.41) is 5.49. The predicted octanol–water partition coefficient (Wildman–Crippen LogP) is 5.26. The standard InChI is InChI=1S/C26H25N3O2S/c1-16-9-17(2)11-21(10-16)28-23(30)13-29-15-27-25-24(26(29)31)22(14-32-25)20-8-7-18-5-3-4-6-19(18)12-20/h7-12,14-15H,3-6,13H2,1-2H3,(H,28,30). The number of hydrogen-bond acceptors (Lipinski definition) is 4. The minimum atomic E-state index is -0.246. The van der Waals surface area contributed by atoms with Crippen molar-refractivity contribution in [2.24, 2.45) is 0 Å². The molecular weight excluding hydrogens is 418 g/mol. The van der Waals surface area contributed by atoms with Crippen LogP contribution in [0.3, 0.4) is 0 Å². The van der Waals surface area contributed by atoms with E-state index in [1.807, 2.05) is 31.4 Å². The maximum Gasteiger partial charge on any atom is 0.263 e. The van der Waals surface area contributed by atoms with Crippen molar-refractivity contribution in [3.05, 3.63) is 80.7 Å². The summed E-state index contributed by atoms with van der Waals surface area (Å²) in [6.45, 7) is 3.90. The summed E-state index contributed by atoms with van der Waals surface area (Å²) in [5.74, 6) is -0.246. The van der Waals surface area contributed by atoms with Crippen LogP contribution in [0.25, 0.3) is 21.3 Å². The monoisotopic (exact) mass is 443 g/mol. The molecule has 1 amide bonds. The zero-order valence-electron chi connectivity index (χ0n) is 18.3. The van der Waals surface area contributed by atoms with Gasteiger partial charge in [-0.05, 0) is 79.5 Å². The van der Waals surface area contributed by atoms with Crippen LogP contribution < -0.4 is 10.9 Å². The maximum absolute atomic E-state index is 13.3. The summed E-state index contributed by atoms with van der Waals surface area (Å²) in [6, 6.07) is 12.4. The number of amides is 1. The van der Waals surface area contributed by atoms with E-state index in [1.54, 1.807) is 0 Å². The van der Waals surface area contributed by atoms with Gasteiger partial charge in [0.25, 0.3) is 5.56 Å². The normalized spacial score (nSPS) is 13.2. The second-order valence-corrected chi connectivity index (χ2v) is 9.48. The van der Waals surface area contributed by atoms with Crippen molar-refractivity contribution in [1.82, 2.24) is 9.55 Å². The lowest BCUT2D eigenvalue weighted by atomic mass is 9.89. The Hall–Kier alpha value is -3.25. The number of aromatic nitrogens is 2. The first-order valence-electron chi connectivity index (χ1n) is 10.9. The molecule has 2 aromatic carbocycles. The molecule has 4 aromatic rings. The van der Waals surface area contributed by atoms with E-state index in [1.165, 1.54) is 46.2 Å². The molecule has 0 aliphatic heterocycles. The van der Waals surface area contributed by atoms with Crippen molar-refractivity contribution >= 4 is 33.1 Å². The highest BCUT2D eigenvalue weighted by Gasteiger charge is 2.17. The fraction of sp³-hybridized carbons (Fsp3) is 0.269. The van der Waals surface area contributed by atoms with E-state index in [0.717, 1.165) is 40.8 Å². The molecule has 0 radical (unpaired) electrons.